The summed E-state index contributed by atoms with van der Waals surface area (Å²) < 4.78 is 11.7. The molecule has 0 saturated carbocycles. The molecule has 3 unspecified atom stereocenters. The maximum absolute atomic E-state index is 12.4. The van der Waals surface area contributed by atoms with Gasteiger partial charge in [-0.25, -0.2) is 0 Å². The fraction of sp³-hybridized carbons (Fsp3) is 0.458. The topological polar surface area (TPSA) is 88.3 Å². The zero-order chi connectivity index (χ0) is 22.8. The van der Waals surface area contributed by atoms with Crippen molar-refractivity contribution in [2.45, 2.75) is 32.1 Å². The number of carbonyl (C=O) groups is 1. The van der Waals surface area contributed by atoms with Crippen molar-refractivity contribution in [3.05, 3.63) is 58.1 Å². The van der Waals surface area contributed by atoms with Crippen LogP contribution in [-0.2, 0) is 4.79 Å². The van der Waals surface area contributed by atoms with Crippen LogP contribution in [-0.4, -0.2) is 72.4 Å². The Bertz CT molecular complexity index is 957. The second kappa shape index (κ2) is 9.67. The zero-order valence-corrected chi connectivity index (χ0v) is 19.2. The SMILES string of the molecule is Cc1cccc(C)c1C(C(N)=O)N1CCN(CC(O)C2COc3ccc(Cl)cc3O2)CC1. The molecule has 2 aliphatic rings. The minimum atomic E-state index is -0.709. The molecule has 0 aromatic heterocycles. The summed E-state index contributed by atoms with van der Waals surface area (Å²) in [5.74, 6) is 0.854. The molecular weight excluding hydrogens is 430 g/mol. The molecule has 2 aliphatic heterocycles. The number of primary amides is 1. The number of rotatable bonds is 6. The van der Waals surface area contributed by atoms with E-state index in [0.29, 0.717) is 36.2 Å². The molecule has 0 aliphatic carbocycles. The van der Waals surface area contributed by atoms with Gasteiger partial charge in [-0.3, -0.25) is 14.6 Å². The van der Waals surface area contributed by atoms with Crippen molar-refractivity contribution in [1.82, 2.24) is 9.80 Å². The third-order valence-electron chi connectivity index (χ3n) is 6.32. The van der Waals surface area contributed by atoms with Crippen LogP contribution in [0.3, 0.4) is 0 Å². The lowest BCUT2D eigenvalue weighted by Crippen LogP contribution is -2.54. The summed E-state index contributed by atoms with van der Waals surface area (Å²) in [5.41, 5.74) is 8.97. The summed E-state index contributed by atoms with van der Waals surface area (Å²) in [7, 11) is 0. The molecule has 172 valence electrons. The minimum absolute atomic E-state index is 0.284. The maximum atomic E-state index is 12.4. The summed E-state index contributed by atoms with van der Waals surface area (Å²) in [6, 6.07) is 10.8. The first-order valence-electron chi connectivity index (χ1n) is 10.9. The fourth-order valence-corrected chi connectivity index (χ4v) is 4.76. The number of piperazine rings is 1. The Hall–Kier alpha value is -2.32. The first kappa shape index (κ1) is 22.9. The van der Waals surface area contributed by atoms with Crippen molar-refractivity contribution in [2.24, 2.45) is 5.73 Å². The van der Waals surface area contributed by atoms with Crippen LogP contribution in [0.1, 0.15) is 22.7 Å². The van der Waals surface area contributed by atoms with Crippen LogP contribution < -0.4 is 15.2 Å². The molecule has 1 saturated heterocycles. The van der Waals surface area contributed by atoms with Crippen molar-refractivity contribution in [2.75, 3.05) is 39.3 Å². The van der Waals surface area contributed by atoms with E-state index in [4.69, 9.17) is 26.8 Å². The minimum Gasteiger partial charge on any atom is -0.486 e. The van der Waals surface area contributed by atoms with Gasteiger partial charge in [-0.1, -0.05) is 29.8 Å². The fourth-order valence-electron chi connectivity index (χ4n) is 4.60. The second-order valence-corrected chi connectivity index (χ2v) is 9.01. The Morgan fingerprint density at radius 1 is 1.16 bits per heavy atom. The van der Waals surface area contributed by atoms with Crippen LogP contribution >= 0.6 is 11.6 Å². The average Bonchev–Trinajstić information content (AvgIpc) is 2.76. The highest BCUT2D eigenvalue weighted by Gasteiger charge is 2.33. The molecule has 0 radical (unpaired) electrons. The highest BCUT2D eigenvalue weighted by molar-refractivity contribution is 6.30. The van der Waals surface area contributed by atoms with Gasteiger partial charge < -0.3 is 20.3 Å². The molecule has 3 atom stereocenters. The number of carbonyl (C=O) groups excluding carboxylic acids is 1. The van der Waals surface area contributed by atoms with E-state index in [1.807, 2.05) is 32.0 Å². The number of hydrogen-bond acceptors (Lipinski definition) is 6. The van der Waals surface area contributed by atoms with E-state index in [0.717, 1.165) is 29.8 Å². The van der Waals surface area contributed by atoms with Crippen LogP contribution in [0.15, 0.2) is 36.4 Å². The summed E-state index contributed by atoms with van der Waals surface area (Å²) in [6.07, 6.45) is -1.17. The predicted octanol–water partition coefficient (Wildman–Crippen LogP) is 2.30. The quantitative estimate of drug-likeness (QED) is 0.689. The standard InChI is InChI=1S/C24H30ClN3O4/c1-15-4-3-5-16(2)22(15)23(24(26)30)28-10-8-27(9-11-28)13-18(29)21-14-31-19-7-6-17(25)12-20(19)32-21/h3-7,12,18,21,23,29H,8-11,13-14H2,1-2H3,(H2,26,30). The van der Waals surface area contributed by atoms with E-state index >= 15 is 0 Å². The number of fused-ring (bicyclic) bond motifs is 1. The molecule has 4 rings (SSSR count). The van der Waals surface area contributed by atoms with Crippen LogP contribution in [0.4, 0.5) is 0 Å². The molecule has 32 heavy (non-hydrogen) atoms. The number of benzene rings is 2. The summed E-state index contributed by atoms with van der Waals surface area (Å²) in [5, 5.41) is 11.3. The van der Waals surface area contributed by atoms with Crippen molar-refractivity contribution in [3.8, 4) is 11.5 Å². The molecule has 0 spiro atoms. The lowest BCUT2D eigenvalue weighted by Gasteiger charge is -2.40. The maximum Gasteiger partial charge on any atom is 0.239 e. The van der Waals surface area contributed by atoms with E-state index in [9.17, 15) is 9.90 Å². The number of nitrogens with zero attached hydrogens (tertiary/aromatic N) is 2. The van der Waals surface area contributed by atoms with Crippen LogP contribution in [0.25, 0.3) is 0 Å². The largest absolute Gasteiger partial charge is 0.486 e. The Morgan fingerprint density at radius 3 is 2.50 bits per heavy atom. The first-order chi connectivity index (χ1) is 15.3. The van der Waals surface area contributed by atoms with Gasteiger partial charge in [0.1, 0.15) is 18.8 Å². The number of aliphatic hydroxyl groups excluding tert-OH is 1. The van der Waals surface area contributed by atoms with Gasteiger partial charge in [-0.2, -0.15) is 0 Å². The summed E-state index contributed by atoms with van der Waals surface area (Å²) in [6.45, 7) is 7.60. The van der Waals surface area contributed by atoms with Gasteiger partial charge in [0, 0.05) is 43.8 Å². The van der Waals surface area contributed by atoms with Crippen molar-refractivity contribution in [1.29, 1.82) is 0 Å². The van der Waals surface area contributed by atoms with Crippen LogP contribution in [0, 0.1) is 13.8 Å². The smallest absolute Gasteiger partial charge is 0.239 e. The molecule has 2 aromatic carbocycles. The predicted molar refractivity (Wildman–Crippen MR) is 123 cm³/mol. The molecular formula is C24H30ClN3O4. The van der Waals surface area contributed by atoms with Crippen molar-refractivity contribution >= 4 is 17.5 Å². The van der Waals surface area contributed by atoms with Gasteiger partial charge in [0.2, 0.25) is 5.91 Å². The number of aryl methyl sites for hydroxylation is 2. The first-order valence-corrected chi connectivity index (χ1v) is 11.3. The number of β-amino-alcohol motifs (C(OH)–C–C–N with tert-alkyl or cyclic N) is 1. The molecule has 2 heterocycles. The number of hydrogen-bond donors (Lipinski definition) is 2. The van der Waals surface area contributed by atoms with Crippen LogP contribution in [0.2, 0.25) is 5.02 Å². The highest BCUT2D eigenvalue weighted by Crippen LogP contribution is 2.35. The van der Waals surface area contributed by atoms with Gasteiger partial charge in [0.05, 0.1) is 0 Å². The van der Waals surface area contributed by atoms with Crippen molar-refractivity contribution < 1.29 is 19.4 Å². The third kappa shape index (κ3) is 4.86. The number of nitrogens with two attached hydrogens (primary N) is 1. The second-order valence-electron chi connectivity index (χ2n) is 8.57. The molecule has 8 heteroatoms. The van der Waals surface area contributed by atoms with E-state index in [1.165, 1.54) is 0 Å². The van der Waals surface area contributed by atoms with E-state index < -0.39 is 18.2 Å². The van der Waals surface area contributed by atoms with E-state index in [2.05, 4.69) is 9.80 Å². The van der Waals surface area contributed by atoms with E-state index in [-0.39, 0.29) is 12.5 Å². The highest BCUT2D eigenvalue weighted by atomic mass is 35.5. The lowest BCUT2D eigenvalue weighted by atomic mass is 9.94. The Morgan fingerprint density at radius 2 is 1.84 bits per heavy atom. The molecule has 7 nitrogen and oxygen atoms in total. The Balaban J connectivity index is 1.36. The van der Waals surface area contributed by atoms with Crippen molar-refractivity contribution in [3.63, 3.8) is 0 Å². The van der Waals surface area contributed by atoms with Gasteiger partial charge in [-0.15, -0.1) is 0 Å². The number of amides is 1. The van der Waals surface area contributed by atoms with Gasteiger partial charge in [0.15, 0.2) is 17.6 Å². The molecule has 2 aromatic rings. The Kier molecular flexibility index (Phi) is 6.90. The van der Waals surface area contributed by atoms with Gasteiger partial charge in [-0.05, 0) is 42.7 Å². The third-order valence-corrected chi connectivity index (χ3v) is 6.55. The number of ether oxygens (including phenoxy) is 2. The summed E-state index contributed by atoms with van der Waals surface area (Å²) in [4.78, 5) is 16.7. The van der Waals surface area contributed by atoms with Gasteiger partial charge >= 0.3 is 0 Å². The Labute approximate surface area is 193 Å². The number of aliphatic hydroxyl groups is 1. The molecule has 3 N–H and O–H groups in total. The summed E-state index contributed by atoms with van der Waals surface area (Å²) >= 11 is 6.04. The molecule has 1 fully saturated rings. The number of halogens is 1. The molecule has 1 amide bonds. The molecule has 0 bridgehead atoms. The monoisotopic (exact) mass is 459 g/mol. The van der Waals surface area contributed by atoms with E-state index in [1.54, 1.807) is 18.2 Å². The normalized spacial score (nSPS) is 21.2. The zero-order valence-electron chi connectivity index (χ0n) is 18.5. The lowest BCUT2D eigenvalue weighted by molar-refractivity contribution is -0.124. The average molecular weight is 460 g/mol. The van der Waals surface area contributed by atoms with Gasteiger partial charge in [0.25, 0.3) is 0 Å². The van der Waals surface area contributed by atoms with Crippen LogP contribution in [0.5, 0.6) is 11.5 Å².